The highest BCUT2D eigenvalue weighted by molar-refractivity contribution is 5.98. The van der Waals surface area contributed by atoms with Gasteiger partial charge in [-0.1, -0.05) is 36.8 Å². The molecule has 1 unspecified atom stereocenters. The smallest absolute Gasteiger partial charge is 0.353 e. The van der Waals surface area contributed by atoms with Gasteiger partial charge >= 0.3 is 6.18 Å². The van der Waals surface area contributed by atoms with Gasteiger partial charge in [0.2, 0.25) is 5.91 Å². The molecule has 0 bridgehead atoms. The molecule has 5 rings (SSSR count). The minimum Gasteiger partial charge on any atom is -0.353 e. The zero-order valence-corrected chi connectivity index (χ0v) is 21.4. The van der Waals surface area contributed by atoms with Gasteiger partial charge in [0.1, 0.15) is 11.8 Å². The van der Waals surface area contributed by atoms with Crippen LogP contribution in [0, 0.1) is 0 Å². The van der Waals surface area contributed by atoms with Crippen LogP contribution in [0.4, 0.5) is 13.2 Å². The molecule has 38 heavy (non-hydrogen) atoms. The van der Waals surface area contributed by atoms with E-state index in [4.69, 9.17) is 4.74 Å². The maximum Gasteiger partial charge on any atom is 0.416 e. The SMILES string of the molecule is O=C(NC1CCN(Cc2ccccc2)CC1)C1COC2(CCCCC2)N1C(=O)c1ccc(C(F)(F)F)cc1. The molecule has 0 radical (unpaired) electrons. The molecule has 2 aliphatic heterocycles. The fraction of sp³-hybridized carbons (Fsp3) is 0.517. The maximum absolute atomic E-state index is 13.7. The number of halogens is 3. The number of hydrogen-bond acceptors (Lipinski definition) is 4. The molecular formula is C29H34F3N3O3. The Bertz CT molecular complexity index is 1110. The molecule has 3 fully saturated rings. The predicted octanol–water partition coefficient (Wildman–Crippen LogP) is 4.99. The van der Waals surface area contributed by atoms with Gasteiger partial charge in [-0.3, -0.25) is 19.4 Å². The van der Waals surface area contributed by atoms with Crippen molar-refractivity contribution < 1.29 is 27.5 Å². The lowest BCUT2D eigenvalue weighted by Gasteiger charge is -2.42. The normalized spacial score (nSPS) is 22.5. The maximum atomic E-state index is 13.7. The van der Waals surface area contributed by atoms with E-state index < -0.39 is 29.4 Å². The molecular weight excluding hydrogens is 495 g/mol. The van der Waals surface area contributed by atoms with Crippen LogP contribution in [0.3, 0.4) is 0 Å². The van der Waals surface area contributed by atoms with Gasteiger partial charge in [0.25, 0.3) is 5.91 Å². The number of rotatable bonds is 5. The van der Waals surface area contributed by atoms with Crippen LogP contribution in [0.1, 0.15) is 66.4 Å². The molecule has 2 amide bonds. The van der Waals surface area contributed by atoms with Crippen LogP contribution < -0.4 is 5.32 Å². The van der Waals surface area contributed by atoms with Crippen molar-refractivity contribution >= 4 is 11.8 Å². The van der Waals surface area contributed by atoms with Crippen LogP contribution >= 0.6 is 0 Å². The Morgan fingerprint density at radius 2 is 1.61 bits per heavy atom. The number of carbonyl (C=O) groups is 2. The van der Waals surface area contributed by atoms with Gasteiger partial charge in [-0.2, -0.15) is 13.2 Å². The van der Waals surface area contributed by atoms with E-state index in [1.807, 2.05) is 18.2 Å². The fourth-order valence-electron chi connectivity index (χ4n) is 5.99. The highest BCUT2D eigenvalue weighted by Gasteiger charge is 2.53. The van der Waals surface area contributed by atoms with Gasteiger partial charge in [0.15, 0.2) is 0 Å². The Morgan fingerprint density at radius 1 is 0.947 bits per heavy atom. The van der Waals surface area contributed by atoms with Gasteiger partial charge in [0.05, 0.1) is 12.2 Å². The first-order valence-electron chi connectivity index (χ1n) is 13.5. The molecule has 1 atom stereocenters. The second-order valence-corrected chi connectivity index (χ2v) is 10.6. The molecule has 2 saturated heterocycles. The zero-order chi connectivity index (χ0) is 26.8. The van der Waals surface area contributed by atoms with Crippen molar-refractivity contribution in [1.29, 1.82) is 0 Å². The standard InChI is InChI=1S/C29H34F3N3O3/c30-29(31,32)23-11-9-22(10-12-23)27(37)35-25(20-38-28(35)15-5-2-6-16-28)26(36)33-24-13-17-34(18-14-24)19-21-7-3-1-4-8-21/h1,3-4,7-12,24-25H,2,5-6,13-20H2,(H,33,36). The van der Waals surface area contributed by atoms with Crippen LogP contribution in [-0.4, -0.2) is 59.1 Å². The molecule has 9 heteroatoms. The highest BCUT2D eigenvalue weighted by atomic mass is 19.4. The lowest BCUT2D eigenvalue weighted by atomic mass is 9.89. The van der Waals surface area contributed by atoms with E-state index in [9.17, 15) is 22.8 Å². The summed E-state index contributed by atoms with van der Waals surface area (Å²) in [5.74, 6) is -0.717. The van der Waals surface area contributed by atoms with Crippen molar-refractivity contribution in [3.63, 3.8) is 0 Å². The lowest BCUT2D eigenvalue weighted by molar-refractivity contribution is -0.137. The number of piperidine rings is 1. The van der Waals surface area contributed by atoms with Crippen LogP contribution in [-0.2, 0) is 22.3 Å². The summed E-state index contributed by atoms with van der Waals surface area (Å²) in [6.07, 6.45) is 1.11. The zero-order valence-electron chi connectivity index (χ0n) is 21.4. The number of ether oxygens (including phenoxy) is 1. The summed E-state index contributed by atoms with van der Waals surface area (Å²) < 4.78 is 45.4. The Kier molecular flexibility index (Phi) is 7.77. The van der Waals surface area contributed by atoms with Crippen molar-refractivity contribution in [1.82, 2.24) is 15.1 Å². The third-order valence-electron chi connectivity index (χ3n) is 8.06. The van der Waals surface area contributed by atoms with Crippen molar-refractivity contribution in [2.24, 2.45) is 0 Å². The first kappa shape index (κ1) is 26.7. The summed E-state index contributed by atoms with van der Waals surface area (Å²) >= 11 is 0. The molecule has 2 heterocycles. The van der Waals surface area contributed by atoms with Crippen molar-refractivity contribution in [2.75, 3.05) is 19.7 Å². The molecule has 1 aliphatic carbocycles. The lowest BCUT2D eigenvalue weighted by Crippen LogP contribution is -2.58. The predicted molar refractivity (Wildman–Crippen MR) is 136 cm³/mol. The number of carbonyl (C=O) groups excluding carboxylic acids is 2. The van der Waals surface area contributed by atoms with E-state index in [1.165, 1.54) is 22.6 Å². The average molecular weight is 530 g/mol. The molecule has 6 nitrogen and oxygen atoms in total. The summed E-state index contributed by atoms with van der Waals surface area (Å²) in [5, 5.41) is 3.14. The minimum atomic E-state index is -4.48. The Morgan fingerprint density at radius 3 is 2.24 bits per heavy atom. The largest absolute Gasteiger partial charge is 0.416 e. The van der Waals surface area contributed by atoms with Gasteiger partial charge in [0, 0.05) is 31.2 Å². The molecule has 0 aromatic heterocycles. The van der Waals surface area contributed by atoms with Crippen LogP contribution in [0.5, 0.6) is 0 Å². The quantitative estimate of drug-likeness (QED) is 0.593. The van der Waals surface area contributed by atoms with E-state index >= 15 is 0 Å². The van der Waals surface area contributed by atoms with Crippen LogP contribution in [0.2, 0.25) is 0 Å². The van der Waals surface area contributed by atoms with Crippen LogP contribution in [0.25, 0.3) is 0 Å². The van der Waals surface area contributed by atoms with Gasteiger partial charge in [-0.05, 0) is 68.4 Å². The van der Waals surface area contributed by atoms with E-state index in [0.717, 1.165) is 63.9 Å². The molecule has 1 spiro atoms. The number of hydrogen-bond donors (Lipinski definition) is 1. The average Bonchev–Trinajstić information content (AvgIpc) is 3.28. The topological polar surface area (TPSA) is 61.9 Å². The first-order valence-corrected chi connectivity index (χ1v) is 13.5. The number of benzene rings is 2. The molecule has 2 aromatic rings. The third-order valence-corrected chi connectivity index (χ3v) is 8.06. The van der Waals surface area contributed by atoms with E-state index in [1.54, 1.807) is 0 Å². The fourth-order valence-corrected chi connectivity index (χ4v) is 5.99. The molecule has 204 valence electrons. The number of likely N-dealkylation sites (tertiary alicyclic amines) is 1. The third kappa shape index (κ3) is 5.73. The molecule has 2 aromatic carbocycles. The van der Waals surface area contributed by atoms with Crippen molar-refractivity contribution in [3.8, 4) is 0 Å². The number of nitrogens with one attached hydrogen (secondary N) is 1. The second kappa shape index (κ2) is 11.1. The van der Waals surface area contributed by atoms with Crippen molar-refractivity contribution in [2.45, 2.75) is 75.5 Å². The van der Waals surface area contributed by atoms with E-state index in [-0.39, 0.29) is 24.1 Å². The van der Waals surface area contributed by atoms with Crippen molar-refractivity contribution in [3.05, 3.63) is 71.3 Å². The monoisotopic (exact) mass is 529 g/mol. The van der Waals surface area contributed by atoms with E-state index in [0.29, 0.717) is 12.8 Å². The minimum absolute atomic E-state index is 0.000417. The summed E-state index contributed by atoms with van der Waals surface area (Å²) in [7, 11) is 0. The van der Waals surface area contributed by atoms with Crippen LogP contribution in [0.15, 0.2) is 54.6 Å². The molecule has 1 N–H and O–H groups in total. The summed E-state index contributed by atoms with van der Waals surface area (Å²) in [6.45, 7) is 2.68. The van der Waals surface area contributed by atoms with Gasteiger partial charge in [-0.25, -0.2) is 0 Å². The highest BCUT2D eigenvalue weighted by Crippen LogP contribution is 2.41. The van der Waals surface area contributed by atoms with Gasteiger partial charge in [-0.15, -0.1) is 0 Å². The summed E-state index contributed by atoms with van der Waals surface area (Å²) in [6, 6.07) is 13.7. The molecule has 1 saturated carbocycles. The van der Waals surface area contributed by atoms with Gasteiger partial charge < -0.3 is 10.1 Å². The number of amides is 2. The molecule has 3 aliphatic rings. The Labute approximate surface area is 221 Å². The number of alkyl halides is 3. The second-order valence-electron chi connectivity index (χ2n) is 10.6. The van der Waals surface area contributed by atoms with E-state index in [2.05, 4.69) is 22.3 Å². The Balaban J connectivity index is 1.26. The summed E-state index contributed by atoms with van der Waals surface area (Å²) in [4.78, 5) is 31.1. The number of nitrogens with zero attached hydrogens (tertiary/aromatic N) is 2. The Hall–Kier alpha value is -2.91. The summed E-state index contributed by atoms with van der Waals surface area (Å²) in [5.41, 5.74) is -0.320. The first-order chi connectivity index (χ1) is 18.2.